The van der Waals surface area contributed by atoms with Crippen molar-refractivity contribution in [2.75, 3.05) is 5.32 Å². The average Bonchev–Trinajstić information content (AvgIpc) is 3.24. The van der Waals surface area contributed by atoms with Gasteiger partial charge in [-0.25, -0.2) is 8.78 Å². The second-order valence-corrected chi connectivity index (χ2v) is 8.37. The Morgan fingerprint density at radius 3 is 2.67 bits per heavy atom. The van der Waals surface area contributed by atoms with E-state index < -0.39 is 18.0 Å². The van der Waals surface area contributed by atoms with E-state index >= 15 is 0 Å². The van der Waals surface area contributed by atoms with Gasteiger partial charge in [-0.1, -0.05) is 32.9 Å². The van der Waals surface area contributed by atoms with E-state index in [0.29, 0.717) is 17.8 Å². The normalized spacial score (nSPS) is 26.1. The Kier molecular flexibility index (Phi) is 4.13. The fourth-order valence-electron chi connectivity index (χ4n) is 5.37. The van der Waals surface area contributed by atoms with Crippen molar-refractivity contribution in [1.82, 2.24) is 9.78 Å². The summed E-state index contributed by atoms with van der Waals surface area (Å²) >= 11 is 0. The van der Waals surface area contributed by atoms with Crippen LogP contribution in [0.5, 0.6) is 0 Å². The molecular weight excluding hydrogens is 348 g/mol. The highest BCUT2D eigenvalue weighted by molar-refractivity contribution is 6.05. The highest BCUT2D eigenvalue weighted by atomic mass is 19.3. The van der Waals surface area contributed by atoms with Gasteiger partial charge in [-0.05, 0) is 53.2 Å². The first kappa shape index (κ1) is 18.1. The van der Waals surface area contributed by atoms with Crippen molar-refractivity contribution < 1.29 is 13.6 Å². The van der Waals surface area contributed by atoms with E-state index in [4.69, 9.17) is 0 Å². The summed E-state index contributed by atoms with van der Waals surface area (Å²) < 4.78 is 27.7. The molecule has 2 bridgehead atoms. The number of benzene rings is 1. The fraction of sp³-hybridized carbons (Fsp3) is 0.524. The van der Waals surface area contributed by atoms with Crippen molar-refractivity contribution >= 4 is 11.6 Å². The van der Waals surface area contributed by atoms with Gasteiger partial charge in [0.2, 0.25) is 0 Å². The predicted octanol–water partition coefficient (Wildman–Crippen LogP) is 5.25. The number of alkyl halides is 2. The molecule has 1 aromatic heterocycles. The lowest BCUT2D eigenvalue weighted by Gasteiger charge is -2.35. The van der Waals surface area contributed by atoms with Crippen LogP contribution in [0.2, 0.25) is 0 Å². The van der Waals surface area contributed by atoms with E-state index in [1.807, 2.05) is 12.1 Å². The highest BCUT2D eigenvalue weighted by Crippen LogP contribution is 2.68. The van der Waals surface area contributed by atoms with Crippen LogP contribution in [0.3, 0.4) is 0 Å². The molecule has 1 N–H and O–H groups in total. The van der Waals surface area contributed by atoms with Gasteiger partial charge in [0.1, 0.15) is 5.69 Å². The number of amides is 1. The first-order valence-electron chi connectivity index (χ1n) is 9.51. The minimum Gasteiger partial charge on any atom is -0.322 e. The molecule has 4 rings (SSSR count). The molecule has 1 saturated carbocycles. The van der Waals surface area contributed by atoms with Gasteiger partial charge >= 0.3 is 0 Å². The number of nitrogens with zero attached hydrogens (tertiary/aromatic N) is 2. The van der Waals surface area contributed by atoms with Crippen molar-refractivity contribution in [3.63, 3.8) is 0 Å². The number of fused-ring (bicyclic) bond motifs is 5. The maximum atomic E-state index is 13.2. The Labute approximate surface area is 158 Å². The monoisotopic (exact) mass is 373 g/mol. The molecule has 0 unspecified atom stereocenters. The van der Waals surface area contributed by atoms with E-state index in [2.05, 4.69) is 37.3 Å². The van der Waals surface area contributed by atoms with E-state index in [0.717, 1.165) is 12.1 Å². The summed E-state index contributed by atoms with van der Waals surface area (Å²) in [4.78, 5) is 12.8. The van der Waals surface area contributed by atoms with E-state index in [1.54, 1.807) is 0 Å². The Morgan fingerprint density at radius 1 is 1.30 bits per heavy atom. The van der Waals surface area contributed by atoms with Gasteiger partial charge in [0.25, 0.3) is 12.3 Å². The van der Waals surface area contributed by atoms with Gasteiger partial charge in [-0.2, -0.15) is 5.10 Å². The third-order valence-corrected chi connectivity index (χ3v) is 6.91. The zero-order valence-corrected chi connectivity index (χ0v) is 16.1. The molecule has 0 radical (unpaired) electrons. The molecule has 2 aliphatic rings. The molecule has 27 heavy (non-hydrogen) atoms. The lowest BCUT2D eigenvalue weighted by atomic mass is 9.69. The minimum atomic E-state index is -2.78. The van der Waals surface area contributed by atoms with E-state index in [1.165, 1.54) is 35.5 Å². The summed E-state index contributed by atoms with van der Waals surface area (Å²) in [7, 11) is 1.54. The topological polar surface area (TPSA) is 46.9 Å². The van der Waals surface area contributed by atoms with Gasteiger partial charge in [0.05, 0.1) is 5.56 Å². The Bertz CT molecular complexity index is 905. The molecule has 1 heterocycles. The lowest BCUT2D eigenvalue weighted by molar-refractivity contribution is 0.101. The molecule has 1 aromatic carbocycles. The maximum Gasteiger partial charge on any atom is 0.282 e. The number of anilines is 1. The van der Waals surface area contributed by atoms with Crippen LogP contribution in [0.15, 0.2) is 24.4 Å². The molecule has 144 valence electrons. The number of halogens is 2. The van der Waals surface area contributed by atoms with Crippen molar-refractivity contribution in [3.8, 4) is 0 Å². The molecule has 0 aliphatic heterocycles. The summed E-state index contributed by atoms with van der Waals surface area (Å²) in [5, 5.41) is 6.64. The lowest BCUT2D eigenvalue weighted by Crippen LogP contribution is -2.26. The number of hydrogen-bond donors (Lipinski definition) is 1. The molecule has 2 aliphatic carbocycles. The fourth-order valence-corrected chi connectivity index (χ4v) is 5.37. The molecule has 0 saturated heterocycles. The number of aromatic nitrogens is 2. The minimum absolute atomic E-state index is 0.0696. The second-order valence-electron chi connectivity index (χ2n) is 8.37. The predicted molar refractivity (Wildman–Crippen MR) is 100 cm³/mol. The number of hydrogen-bond acceptors (Lipinski definition) is 2. The SMILES string of the molecule is CC(C)[C@]1(C)[C@@H]2CC[C@H]1c1c(NC(=O)c3cn(C)nc3C(F)F)cccc12. The van der Waals surface area contributed by atoms with Crippen LogP contribution in [0, 0.1) is 11.3 Å². The zero-order chi connectivity index (χ0) is 19.5. The van der Waals surface area contributed by atoms with Crippen LogP contribution < -0.4 is 5.32 Å². The quantitative estimate of drug-likeness (QED) is 0.796. The standard InChI is InChI=1S/C21H25F2N3O/c1-11(2)21(3)14-8-9-15(21)17-12(14)6-5-7-16(17)24-20(27)13-10-26(4)25-18(13)19(22)23/h5-7,10-11,14-15,19H,8-9H2,1-4H3,(H,24,27)/t14-,15+,21-/m1/s1. The first-order valence-corrected chi connectivity index (χ1v) is 9.51. The van der Waals surface area contributed by atoms with E-state index in [-0.39, 0.29) is 11.0 Å². The second kappa shape index (κ2) is 6.14. The van der Waals surface area contributed by atoms with Gasteiger partial charge in [-0.3, -0.25) is 9.48 Å². The van der Waals surface area contributed by atoms with Crippen LogP contribution in [0.4, 0.5) is 14.5 Å². The third-order valence-electron chi connectivity index (χ3n) is 6.91. The molecule has 1 fully saturated rings. The Hall–Kier alpha value is -2.24. The Morgan fingerprint density at radius 2 is 2.00 bits per heavy atom. The third kappa shape index (κ3) is 2.52. The van der Waals surface area contributed by atoms with Crippen LogP contribution in [0.25, 0.3) is 0 Å². The van der Waals surface area contributed by atoms with Crippen molar-refractivity contribution in [3.05, 3.63) is 46.8 Å². The largest absolute Gasteiger partial charge is 0.322 e. The van der Waals surface area contributed by atoms with Crippen molar-refractivity contribution in [2.24, 2.45) is 18.4 Å². The van der Waals surface area contributed by atoms with Crippen LogP contribution in [0.1, 0.15) is 79.1 Å². The van der Waals surface area contributed by atoms with Crippen LogP contribution in [-0.4, -0.2) is 15.7 Å². The Balaban J connectivity index is 1.71. The van der Waals surface area contributed by atoms with Gasteiger partial charge in [0, 0.05) is 18.9 Å². The smallest absolute Gasteiger partial charge is 0.282 e. The van der Waals surface area contributed by atoms with Crippen LogP contribution >= 0.6 is 0 Å². The number of rotatable bonds is 4. The molecular formula is C21H25F2N3O. The zero-order valence-electron chi connectivity index (χ0n) is 16.1. The van der Waals surface area contributed by atoms with Crippen LogP contribution in [-0.2, 0) is 7.05 Å². The van der Waals surface area contributed by atoms with Crippen molar-refractivity contribution in [2.45, 2.75) is 51.9 Å². The molecule has 6 heteroatoms. The van der Waals surface area contributed by atoms with E-state index in [9.17, 15) is 13.6 Å². The van der Waals surface area contributed by atoms with Gasteiger partial charge in [-0.15, -0.1) is 0 Å². The van der Waals surface area contributed by atoms with Gasteiger partial charge < -0.3 is 5.32 Å². The summed E-state index contributed by atoms with van der Waals surface area (Å²) in [6.45, 7) is 6.88. The summed E-state index contributed by atoms with van der Waals surface area (Å²) in [6.07, 6.45) is 0.842. The summed E-state index contributed by atoms with van der Waals surface area (Å²) in [5.41, 5.74) is 2.88. The number of nitrogens with one attached hydrogen (secondary N) is 1. The average molecular weight is 373 g/mol. The summed E-state index contributed by atoms with van der Waals surface area (Å²) in [6, 6.07) is 5.99. The molecule has 4 nitrogen and oxygen atoms in total. The number of aryl methyl sites for hydroxylation is 1. The molecule has 2 aromatic rings. The maximum absolute atomic E-state index is 13.2. The molecule has 3 atom stereocenters. The number of carbonyl (C=O) groups excluding carboxylic acids is 1. The number of carbonyl (C=O) groups is 1. The van der Waals surface area contributed by atoms with Crippen molar-refractivity contribution in [1.29, 1.82) is 0 Å². The summed E-state index contributed by atoms with van der Waals surface area (Å²) in [5.74, 6) is 0.873. The molecule has 0 spiro atoms. The highest BCUT2D eigenvalue weighted by Gasteiger charge is 2.56. The molecule has 1 amide bonds. The van der Waals surface area contributed by atoms with Gasteiger partial charge in [0.15, 0.2) is 0 Å². The first-order chi connectivity index (χ1) is 12.7.